The predicted molar refractivity (Wildman–Crippen MR) is 110 cm³/mol. The summed E-state index contributed by atoms with van der Waals surface area (Å²) in [6.45, 7) is 6.84. The minimum absolute atomic E-state index is 0.0294. The van der Waals surface area contributed by atoms with Gasteiger partial charge in [-0.3, -0.25) is 9.69 Å². The van der Waals surface area contributed by atoms with E-state index in [4.69, 9.17) is 9.47 Å². The Kier molecular flexibility index (Phi) is 5.53. The molecule has 1 N–H and O–H groups in total. The average Bonchev–Trinajstić information content (AvgIpc) is 3.16. The molecule has 1 fully saturated rings. The number of anilines is 1. The molecule has 2 aliphatic rings. The maximum absolute atomic E-state index is 12.6. The Morgan fingerprint density at radius 2 is 1.86 bits per heavy atom. The summed E-state index contributed by atoms with van der Waals surface area (Å²) in [7, 11) is 0. The molecule has 2 heterocycles. The molecule has 5 nitrogen and oxygen atoms in total. The fraction of sp³-hybridized carbons (Fsp3) is 0.435. The molecule has 148 valence electrons. The summed E-state index contributed by atoms with van der Waals surface area (Å²) in [6.07, 6.45) is 2.14. The molecule has 0 aromatic heterocycles. The lowest BCUT2D eigenvalue weighted by molar-refractivity contribution is -0.117. The van der Waals surface area contributed by atoms with E-state index in [-0.39, 0.29) is 11.9 Å². The number of hydrogen-bond donors (Lipinski definition) is 1. The molecule has 0 radical (unpaired) electrons. The molecule has 0 saturated carbocycles. The van der Waals surface area contributed by atoms with Crippen LogP contribution in [0.4, 0.5) is 5.69 Å². The second-order valence-corrected chi connectivity index (χ2v) is 7.86. The summed E-state index contributed by atoms with van der Waals surface area (Å²) in [5.74, 6) is 2.13. The highest BCUT2D eigenvalue weighted by atomic mass is 16.6. The zero-order valence-electron chi connectivity index (χ0n) is 16.6. The molecule has 2 aliphatic heterocycles. The fourth-order valence-corrected chi connectivity index (χ4v) is 4.00. The molecule has 28 heavy (non-hydrogen) atoms. The Morgan fingerprint density at radius 3 is 2.61 bits per heavy atom. The Hall–Kier alpha value is -2.53. The molecular weight excluding hydrogens is 352 g/mol. The Bertz CT molecular complexity index is 832. The highest BCUT2D eigenvalue weighted by molar-refractivity contribution is 5.92. The van der Waals surface area contributed by atoms with Crippen LogP contribution < -0.4 is 14.8 Å². The second kappa shape index (κ2) is 8.23. The summed E-state index contributed by atoms with van der Waals surface area (Å²) in [4.78, 5) is 14.9. The number of rotatable bonds is 5. The average molecular weight is 380 g/mol. The monoisotopic (exact) mass is 380 g/mol. The number of nitrogens with zero attached hydrogens (tertiary/aromatic N) is 1. The first-order valence-corrected chi connectivity index (χ1v) is 10.1. The van der Waals surface area contributed by atoms with Gasteiger partial charge in [0.05, 0.1) is 6.54 Å². The Balaban J connectivity index is 1.40. The molecule has 1 atom stereocenters. The first-order chi connectivity index (χ1) is 13.6. The Morgan fingerprint density at radius 1 is 1.11 bits per heavy atom. The molecule has 0 bridgehead atoms. The van der Waals surface area contributed by atoms with Crippen molar-refractivity contribution in [3.05, 3.63) is 53.6 Å². The van der Waals surface area contributed by atoms with Crippen molar-refractivity contribution in [2.75, 3.05) is 31.6 Å². The van der Waals surface area contributed by atoms with E-state index >= 15 is 0 Å². The number of carbonyl (C=O) groups excluding carboxylic acids is 1. The van der Waals surface area contributed by atoms with Crippen LogP contribution in [0.1, 0.15) is 49.8 Å². The number of carbonyl (C=O) groups is 1. The van der Waals surface area contributed by atoms with Gasteiger partial charge in [-0.2, -0.15) is 0 Å². The number of likely N-dealkylation sites (tertiary alicyclic amines) is 1. The third-order valence-corrected chi connectivity index (χ3v) is 5.52. The lowest BCUT2D eigenvalue weighted by Gasteiger charge is -2.26. The minimum Gasteiger partial charge on any atom is -0.486 e. The molecule has 4 rings (SSSR count). The van der Waals surface area contributed by atoms with E-state index in [1.165, 1.54) is 11.1 Å². The third-order valence-electron chi connectivity index (χ3n) is 5.52. The van der Waals surface area contributed by atoms with Gasteiger partial charge in [0.2, 0.25) is 5.91 Å². The SMILES string of the molecule is CC(C)c1ccc(NC(=O)CN2CCCC2c2ccc3c(c2)OCCO3)cc1. The van der Waals surface area contributed by atoms with E-state index in [2.05, 4.69) is 48.3 Å². The van der Waals surface area contributed by atoms with Crippen LogP contribution in [0, 0.1) is 0 Å². The number of benzene rings is 2. The van der Waals surface area contributed by atoms with Crippen LogP contribution >= 0.6 is 0 Å². The van der Waals surface area contributed by atoms with Gasteiger partial charge in [-0.05, 0) is 60.7 Å². The standard InChI is InChI=1S/C23H28N2O3/c1-16(2)17-5-8-19(9-6-17)24-23(26)15-25-11-3-4-20(25)18-7-10-21-22(14-18)28-13-12-27-21/h5-10,14,16,20H,3-4,11-13,15H2,1-2H3,(H,24,26). The lowest BCUT2D eigenvalue weighted by Crippen LogP contribution is -2.33. The van der Waals surface area contributed by atoms with E-state index < -0.39 is 0 Å². The predicted octanol–water partition coefficient (Wildman–Crippen LogP) is 4.36. The van der Waals surface area contributed by atoms with E-state index in [0.717, 1.165) is 36.6 Å². The van der Waals surface area contributed by atoms with Crippen LogP contribution in [0.25, 0.3) is 0 Å². The van der Waals surface area contributed by atoms with Gasteiger partial charge < -0.3 is 14.8 Å². The van der Waals surface area contributed by atoms with Crippen molar-refractivity contribution >= 4 is 11.6 Å². The van der Waals surface area contributed by atoms with E-state index in [9.17, 15) is 4.79 Å². The van der Waals surface area contributed by atoms with Crippen molar-refractivity contribution in [3.8, 4) is 11.5 Å². The maximum Gasteiger partial charge on any atom is 0.238 e. The van der Waals surface area contributed by atoms with Crippen molar-refractivity contribution in [2.24, 2.45) is 0 Å². The van der Waals surface area contributed by atoms with Crippen molar-refractivity contribution in [2.45, 2.75) is 38.6 Å². The molecule has 0 spiro atoms. The van der Waals surface area contributed by atoms with Crippen LogP contribution in [0.5, 0.6) is 11.5 Å². The highest BCUT2D eigenvalue weighted by Crippen LogP contribution is 2.37. The molecule has 1 saturated heterocycles. The minimum atomic E-state index is 0.0294. The topological polar surface area (TPSA) is 50.8 Å². The molecule has 2 aromatic carbocycles. The van der Waals surface area contributed by atoms with Crippen molar-refractivity contribution < 1.29 is 14.3 Å². The summed E-state index contributed by atoms with van der Waals surface area (Å²) in [5, 5.41) is 3.03. The lowest BCUT2D eigenvalue weighted by atomic mass is 10.0. The fourth-order valence-electron chi connectivity index (χ4n) is 4.00. The van der Waals surface area contributed by atoms with Crippen molar-refractivity contribution in [1.29, 1.82) is 0 Å². The van der Waals surface area contributed by atoms with Gasteiger partial charge in [-0.25, -0.2) is 0 Å². The van der Waals surface area contributed by atoms with Crippen LogP contribution in [0.15, 0.2) is 42.5 Å². The van der Waals surface area contributed by atoms with E-state index in [0.29, 0.717) is 25.7 Å². The van der Waals surface area contributed by atoms with E-state index in [1.807, 2.05) is 18.2 Å². The normalized spacial score (nSPS) is 19.0. The van der Waals surface area contributed by atoms with E-state index in [1.54, 1.807) is 0 Å². The van der Waals surface area contributed by atoms with Crippen molar-refractivity contribution in [3.63, 3.8) is 0 Å². The van der Waals surface area contributed by atoms with Gasteiger partial charge in [0.1, 0.15) is 13.2 Å². The summed E-state index contributed by atoms with van der Waals surface area (Å²) < 4.78 is 11.3. The molecule has 2 aromatic rings. The van der Waals surface area contributed by atoms with Gasteiger partial charge in [0.25, 0.3) is 0 Å². The largest absolute Gasteiger partial charge is 0.486 e. The number of ether oxygens (including phenoxy) is 2. The smallest absolute Gasteiger partial charge is 0.238 e. The first kappa shape index (κ1) is 18.8. The van der Waals surface area contributed by atoms with Gasteiger partial charge >= 0.3 is 0 Å². The summed E-state index contributed by atoms with van der Waals surface area (Å²) in [6, 6.07) is 14.5. The third kappa shape index (κ3) is 4.14. The van der Waals surface area contributed by atoms with Crippen LogP contribution in [0.3, 0.4) is 0 Å². The first-order valence-electron chi connectivity index (χ1n) is 10.1. The van der Waals surface area contributed by atoms with Gasteiger partial charge in [0.15, 0.2) is 11.5 Å². The second-order valence-electron chi connectivity index (χ2n) is 7.86. The number of amides is 1. The number of hydrogen-bond acceptors (Lipinski definition) is 4. The zero-order valence-corrected chi connectivity index (χ0v) is 16.6. The van der Waals surface area contributed by atoms with Gasteiger partial charge in [-0.15, -0.1) is 0 Å². The van der Waals surface area contributed by atoms with Crippen LogP contribution in [-0.2, 0) is 4.79 Å². The van der Waals surface area contributed by atoms with Crippen LogP contribution in [-0.4, -0.2) is 37.1 Å². The van der Waals surface area contributed by atoms with Gasteiger partial charge in [-0.1, -0.05) is 32.0 Å². The van der Waals surface area contributed by atoms with Crippen LogP contribution in [0.2, 0.25) is 0 Å². The van der Waals surface area contributed by atoms with Gasteiger partial charge in [0, 0.05) is 11.7 Å². The highest BCUT2D eigenvalue weighted by Gasteiger charge is 2.28. The number of fused-ring (bicyclic) bond motifs is 1. The maximum atomic E-state index is 12.6. The van der Waals surface area contributed by atoms with Crippen molar-refractivity contribution in [1.82, 2.24) is 4.90 Å². The summed E-state index contributed by atoms with van der Waals surface area (Å²) in [5.41, 5.74) is 3.32. The zero-order chi connectivity index (χ0) is 19.5. The number of nitrogens with one attached hydrogen (secondary N) is 1. The quantitative estimate of drug-likeness (QED) is 0.837. The molecule has 1 unspecified atom stereocenters. The molecular formula is C23H28N2O3. The molecule has 1 amide bonds. The molecule has 5 heteroatoms. The molecule has 0 aliphatic carbocycles. The Labute approximate surface area is 166 Å². The summed E-state index contributed by atoms with van der Waals surface area (Å²) >= 11 is 0.